The van der Waals surface area contributed by atoms with Gasteiger partial charge in [0.25, 0.3) is 0 Å². The molecule has 38 heavy (non-hydrogen) atoms. The van der Waals surface area contributed by atoms with Crippen molar-refractivity contribution in [2.75, 3.05) is 13.2 Å². The van der Waals surface area contributed by atoms with Gasteiger partial charge < -0.3 is 0 Å². The quantitative estimate of drug-likeness (QED) is 0.185. The monoisotopic (exact) mass is 639 g/mol. The normalized spacial score (nSPS) is 14.1. The molecule has 2 aromatic carbocycles. The predicted octanol–water partition coefficient (Wildman–Crippen LogP) is 5.82. The number of fused-ring (bicyclic) bond motifs is 1. The number of hydrogen-bond acceptors (Lipinski definition) is 5. The Morgan fingerprint density at radius 2 is 1.26 bits per heavy atom. The maximum atomic E-state index is 13.4. The summed E-state index contributed by atoms with van der Waals surface area (Å²) in [5.74, 6) is 1.12. The fourth-order valence-corrected chi connectivity index (χ4v) is 12.7. The van der Waals surface area contributed by atoms with Crippen LogP contribution in [0.5, 0.6) is 11.5 Å². The topological polar surface area (TPSA) is 57.7 Å². The van der Waals surface area contributed by atoms with Gasteiger partial charge in [-0.25, -0.2) is 0 Å². The van der Waals surface area contributed by atoms with E-state index in [1.165, 1.54) is 29.5 Å². The zero-order chi connectivity index (χ0) is 27.3. The SMILES string of the molecule is CCOc1cc([As](CC)CC)ccc1C1(c2ccc([As](CC)CC)cc2OCC)OC(=O)c2cccnc21. The number of cyclic esters (lactones) is 1. The fraction of sp³-hybridized carbons (Fsp3) is 0.419. The molecule has 0 aliphatic carbocycles. The van der Waals surface area contributed by atoms with Gasteiger partial charge in [0.1, 0.15) is 0 Å². The van der Waals surface area contributed by atoms with E-state index in [1.54, 1.807) is 18.3 Å². The molecule has 0 radical (unpaired) electrons. The molecule has 0 amide bonds. The average molecular weight is 640 g/mol. The molecule has 4 rings (SSSR count). The van der Waals surface area contributed by atoms with Gasteiger partial charge in [0, 0.05) is 0 Å². The molecule has 202 valence electrons. The van der Waals surface area contributed by atoms with Crippen molar-refractivity contribution in [1.82, 2.24) is 4.98 Å². The Hall–Kier alpha value is -2.22. The number of rotatable bonds is 12. The van der Waals surface area contributed by atoms with Crippen molar-refractivity contribution in [3.8, 4) is 11.5 Å². The number of ether oxygens (including phenoxy) is 3. The first-order chi connectivity index (χ1) is 18.5. The van der Waals surface area contributed by atoms with Crippen molar-refractivity contribution >= 4 is 44.0 Å². The second-order valence-electron chi connectivity index (χ2n) is 9.04. The molecule has 0 unspecified atom stereocenters. The Morgan fingerprint density at radius 3 is 1.71 bits per heavy atom. The first-order valence-electron chi connectivity index (χ1n) is 13.7. The van der Waals surface area contributed by atoms with E-state index < -0.39 is 34.9 Å². The molecular weight excluding hydrogens is 600 g/mol. The maximum absolute atomic E-state index is 13.4. The van der Waals surface area contributed by atoms with Gasteiger partial charge in [0.05, 0.1) is 0 Å². The van der Waals surface area contributed by atoms with Crippen LogP contribution in [0.1, 0.15) is 68.7 Å². The third-order valence-corrected chi connectivity index (χ3v) is 17.8. The molecular formula is C31H39As2NO4. The molecule has 0 N–H and O–H groups in total. The summed E-state index contributed by atoms with van der Waals surface area (Å²) in [7, 11) is 0. The number of carbonyl (C=O) groups is 1. The molecule has 0 atom stereocenters. The van der Waals surface area contributed by atoms with Crippen molar-refractivity contribution in [2.24, 2.45) is 0 Å². The van der Waals surface area contributed by atoms with Crippen LogP contribution in [-0.4, -0.2) is 53.5 Å². The van der Waals surface area contributed by atoms with Crippen molar-refractivity contribution in [2.45, 2.75) is 68.0 Å². The van der Waals surface area contributed by atoms with Gasteiger partial charge in [-0.3, -0.25) is 0 Å². The molecule has 1 aliphatic rings. The van der Waals surface area contributed by atoms with E-state index in [1.807, 2.05) is 13.8 Å². The van der Waals surface area contributed by atoms with Crippen LogP contribution in [0, 0.1) is 0 Å². The van der Waals surface area contributed by atoms with E-state index in [0.29, 0.717) is 24.5 Å². The van der Waals surface area contributed by atoms with Crippen molar-refractivity contribution < 1.29 is 19.0 Å². The third-order valence-electron chi connectivity index (χ3n) is 7.15. The van der Waals surface area contributed by atoms with Crippen LogP contribution >= 0.6 is 0 Å². The summed E-state index contributed by atoms with van der Waals surface area (Å²) in [4.78, 5) is 18.1. The van der Waals surface area contributed by atoms with Gasteiger partial charge in [-0.2, -0.15) is 0 Å². The van der Waals surface area contributed by atoms with Crippen LogP contribution in [0.4, 0.5) is 0 Å². The van der Waals surface area contributed by atoms with Crippen LogP contribution in [0.15, 0.2) is 54.7 Å². The summed E-state index contributed by atoms with van der Waals surface area (Å²) < 4.78 is 21.8. The Labute approximate surface area is 236 Å². The summed E-state index contributed by atoms with van der Waals surface area (Å²) in [6.07, 6.45) is 1.73. The molecule has 0 fully saturated rings. The van der Waals surface area contributed by atoms with Crippen LogP contribution in [0.25, 0.3) is 0 Å². The fourth-order valence-electron chi connectivity index (χ4n) is 5.33. The van der Waals surface area contributed by atoms with Crippen LogP contribution in [0.3, 0.4) is 0 Å². The van der Waals surface area contributed by atoms with E-state index >= 15 is 0 Å². The van der Waals surface area contributed by atoms with Gasteiger partial charge >= 0.3 is 238 Å². The predicted molar refractivity (Wildman–Crippen MR) is 157 cm³/mol. The Balaban J connectivity index is 2.04. The van der Waals surface area contributed by atoms with Crippen molar-refractivity contribution in [3.63, 3.8) is 0 Å². The van der Waals surface area contributed by atoms with Gasteiger partial charge in [-0.1, -0.05) is 0 Å². The van der Waals surface area contributed by atoms with E-state index in [4.69, 9.17) is 19.2 Å². The van der Waals surface area contributed by atoms with Crippen LogP contribution < -0.4 is 18.2 Å². The van der Waals surface area contributed by atoms with Crippen molar-refractivity contribution in [3.05, 3.63) is 77.1 Å². The summed E-state index contributed by atoms with van der Waals surface area (Å²) in [5.41, 5.74) is 1.41. The van der Waals surface area contributed by atoms with Gasteiger partial charge in [0.2, 0.25) is 0 Å². The van der Waals surface area contributed by atoms with Crippen LogP contribution in [-0.2, 0) is 10.3 Å². The molecule has 1 aromatic heterocycles. The molecule has 0 saturated carbocycles. The van der Waals surface area contributed by atoms with Gasteiger partial charge in [0.15, 0.2) is 0 Å². The zero-order valence-corrected chi connectivity index (χ0v) is 27.2. The summed E-state index contributed by atoms with van der Waals surface area (Å²) in [5, 5.41) is 4.76. The average Bonchev–Trinajstić information content (AvgIpc) is 3.24. The molecule has 0 spiro atoms. The van der Waals surface area contributed by atoms with E-state index in [2.05, 4.69) is 64.1 Å². The standard InChI is InChI=1S/C31H39As2NO4/c1-7-32(8-2)22-15-17-25(27(20-22)36-11-5)31(29-24(30(35)38-31)14-13-19-34-29)26-18-16-23(33(9-3)10-4)21-28(26)37-12-6/h13-21H,7-12H2,1-6H3. The molecule has 5 nitrogen and oxygen atoms in total. The number of carbonyl (C=O) groups excluding carboxylic acids is 1. The van der Waals surface area contributed by atoms with Crippen molar-refractivity contribution in [1.29, 1.82) is 0 Å². The van der Waals surface area contributed by atoms with E-state index in [-0.39, 0.29) is 5.97 Å². The van der Waals surface area contributed by atoms with E-state index in [9.17, 15) is 4.79 Å². The molecule has 7 heteroatoms. The van der Waals surface area contributed by atoms with Crippen LogP contribution in [0.2, 0.25) is 20.8 Å². The first kappa shape index (κ1) is 28.8. The van der Waals surface area contributed by atoms with Gasteiger partial charge in [-0.05, 0) is 0 Å². The Bertz CT molecular complexity index is 1200. The number of benzene rings is 2. The molecule has 1 aliphatic heterocycles. The number of pyridine rings is 1. The molecule has 0 saturated heterocycles. The summed E-state index contributed by atoms with van der Waals surface area (Å²) >= 11 is -2.36. The molecule has 3 aromatic rings. The number of esters is 1. The number of nitrogens with zero attached hydrogens (tertiary/aromatic N) is 1. The number of aromatic nitrogens is 1. The number of hydrogen-bond donors (Lipinski definition) is 0. The first-order valence-corrected chi connectivity index (χ1v) is 20.9. The third kappa shape index (κ3) is 5.17. The zero-order valence-electron chi connectivity index (χ0n) is 23.4. The second-order valence-corrected chi connectivity index (χ2v) is 21.0. The molecule has 0 bridgehead atoms. The minimum atomic E-state index is -1.26. The van der Waals surface area contributed by atoms with E-state index in [0.717, 1.165) is 22.6 Å². The minimum absolute atomic E-state index is 0.379. The Kier molecular flexibility index (Phi) is 9.66. The summed E-state index contributed by atoms with van der Waals surface area (Å²) in [6, 6.07) is 16.6. The summed E-state index contributed by atoms with van der Waals surface area (Å²) in [6.45, 7) is 14.1. The molecule has 2 heterocycles. The Morgan fingerprint density at radius 1 is 0.763 bits per heavy atom. The second kappa shape index (κ2) is 12.8. The van der Waals surface area contributed by atoms with Gasteiger partial charge in [-0.15, -0.1) is 0 Å².